The van der Waals surface area contributed by atoms with Gasteiger partial charge < -0.3 is 99.9 Å². The Morgan fingerprint density at radius 2 is 0.963 bits per heavy atom. The number of aromatic nitrogens is 3. The zero-order chi connectivity index (χ0) is 77.4. The highest BCUT2D eigenvalue weighted by atomic mass is 16.7. The van der Waals surface area contributed by atoms with Gasteiger partial charge in [0.1, 0.15) is 90.6 Å². The highest BCUT2D eigenvalue weighted by Crippen LogP contribution is 2.25. The van der Waals surface area contributed by atoms with Crippen molar-refractivity contribution in [3.8, 4) is 5.75 Å². The molecule has 8 rings (SSSR count). The van der Waals surface area contributed by atoms with Crippen LogP contribution in [0, 0.1) is 5.92 Å². The van der Waals surface area contributed by atoms with Crippen LogP contribution in [-0.4, -0.2) is 223 Å². The van der Waals surface area contributed by atoms with E-state index >= 15 is 24.0 Å². The minimum atomic E-state index is -1.92. The van der Waals surface area contributed by atoms with Crippen LogP contribution in [-0.2, 0) is 106 Å². The molecule has 3 aliphatic heterocycles. The van der Waals surface area contributed by atoms with Crippen molar-refractivity contribution in [1.29, 1.82) is 0 Å². The Bertz CT molecular complexity index is 3870. The molecule has 4 aromatic carbocycles. The lowest BCUT2D eigenvalue weighted by atomic mass is 9.99. The standard InChI is InChI=1S/C73H96N16O18/c1-40(2)31-49-65(98)85-55(35-43-19-11-6-12-20-43)72(105)89-30-14-22-56(89)71(104)84-52(33-42-17-9-5-10-18-42)68(101)81-50(32-41-15-7-4-8-16-41)67(100)83-54(37-59(76)92)70(103)78-48(27-28-58(75)91)64(97)80-51(34-44-23-25-46(90)26-24-44)66(99)82-53(69(102)77-47(21-13-29-74)63(96)79-49)36-45-38-88(87-86-45)39-57-60(93)61(94)62(95)73(106-3)107-57/h4-12,15-20,23-26,38,40,47-57,60-62,73,90,93-95H,13-14,21-22,27-37,39,74H2,1-3H3,(H2,75,91)(H2,76,92)(H,77,102)(H,78,103)(H,79,96)(H,80,97)(H,81,101)(H,82,99)(H,83,100)(H,84,104)(H,85,98)/t47-,48-,49-,50+,51-,52-,53-,54-,55+,56-,57+,60+,61-,62+,73-/m0/s1. The number of nitrogens with zero attached hydrogens (tertiary/aromatic N) is 4. The molecular formula is C73H96N16O18. The molecule has 4 heterocycles. The van der Waals surface area contributed by atoms with Crippen LogP contribution in [0.2, 0.25) is 0 Å². The van der Waals surface area contributed by atoms with E-state index in [1.165, 1.54) is 47.2 Å². The van der Waals surface area contributed by atoms with E-state index in [1.54, 1.807) is 105 Å². The van der Waals surface area contributed by atoms with Crippen LogP contribution < -0.4 is 65.1 Å². The van der Waals surface area contributed by atoms with Crippen LogP contribution >= 0.6 is 0 Å². The molecule has 34 heteroatoms. The van der Waals surface area contributed by atoms with Crippen LogP contribution in [0.5, 0.6) is 5.75 Å². The summed E-state index contributed by atoms with van der Waals surface area (Å²) in [5, 5.41) is 74.6. The van der Waals surface area contributed by atoms with E-state index in [-0.39, 0.29) is 81.9 Å². The Kier molecular flexibility index (Phi) is 30.3. The Labute approximate surface area is 617 Å². The summed E-state index contributed by atoms with van der Waals surface area (Å²) in [5.41, 5.74) is 19.3. The fourth-order valence-corrected chi connectivity index (χ4v) is 12.8. The molecule has 0 radical (unpaired) electrons. The van der Waals surface area contributed by atoms with Gasteiger partial charge >= 0.3 is 0 Å². The number of carbonyl (C=O) groups excluding carboxylic acids is 12. The number of phenols is 1. The molecule has 5 aromatic rings. The number of hydrogen-bond donors (Lipinski definition) is 16. The molecule has 34 nitrogen and oxygen atoms in total. The number of ether oxygens (including phenoxy) is 2. The number of aliphatic hydroxyl groups is 3. The summed E-state index contributed by atoms with van der Waals surface area (Å²) in [5.74, 6) is -12.3. The van der Waals surface area contributed by atoms with Gasteiger partial charge in [-0.3, -0.25) is 57.5 Å². The van der Waals surface area contributed by atoms with Crippen LogP contribution in [0.3, 0.4) is 0 Å². The molecule has 3 fully saturated rings. The smallest absolute Gasteiger partial charge is 0.246 e. The van der Waals surface area contributed by atoms with Gasteiger partial charge in [-0.1, -0.05) is 122 Å². The van der Waals surface area contributed by atoms with Crippen LogP contribution in [0.25, 0.3) is 0 Å². The number of amides is 12. The van der Waals surface area contributed by atoms with E-state index in [4.69, 9.17) is 26.7 Å². The monoisotopic (exact) mass is 1480 g/mol. The largest absolute Gasteiger partial charge is 0.508 e. The minimum Gasteiger partial charge on any atom is -0.508 e. The van der Waals surface area contributed by atoms with Crippen LogP contribution in [0.15, 0.2) is 121 Å². The summed E-state index contributed by atoms with van der Waals surface area (Å²) in [6.07, 6.45) is -9.56. The Balaban J connectivity index is 1.22. The molecule has 576 valence electrons. The molecule has 19 N–H and O–H groups in total. The fourth-order valence-electron chi connectivity index (χ4n) is 12.8. The fraction of sp³-hybridized carbons (Fsp3) is 0.479. The predicted octanol–water partition coefficient (Wildman–Crippen LogP) is -3.76. The number of aromatic hydroxyl groups is 1. The number of primary amides is 2. The van der Waals surface area contributed by atoms with Crippen molar-refractivity contribution in [2.75, 3.05) is 20.2 Å². The average molecular weight is 1490 g/mol. The number of nitrogens with one attached hydrogen (secondary N) is 9. The van der Waals surface area contributed by atoms with Gasteiger partial charge in [0, 0.05) is 58.4 Å². The first-order chi connectivity index (χ1) is 51.2. The van der Waals surface area contributed by atoms with Gasteiger partial charge in [-0.2, -0.15) is 0 Å². The Morgan fingerprint density at radius 1 is 0.533 bits per heavy atom. The summed E-state index contributed by atoms with van der Waals surface area (Å²) in [4.78, 5) is 177. The molecule has 12 amide bonds. The van der Waals surface area contributed by atoms with Crippen molar-refractivity contribution >= 4 is 70.9 Å². The first kappa shape index (κ1) is 81.9. The summed E-state index contributed by atoms with van der Waals surface area (Å²) < 4.78 is 12.0. The van der Waals surface area contributed by atoms with Gasteiger partial charge in [-0.05, 0) is 85.4 Å². The highest BCUT2D eigenvalue weighted by molar-refractivity contribution is 6.01. The quantitative estimate of drug-likeness (QED) is 0.0299. The number of phenolic OH excluding ortho intramolecular Hbond substituents is 1. The summed E-state index contributed by atoms with van der Waals surface area (Å²) in [6, 6.07) is 15.1. The Morgan fingerprint density at radius 3 is 1.46 bits per heavy atom. The molecular weight excluding hydrogens is 1390 g/mol. The number of carbonyl (C=O) groups is 12. The lowest BCUT2D eigenvalue weighted by Gasteiger charge is -2.39. The van der Waals surface area contributed by atoms with E-state index in [2.05, 4.69) is 58.2 Å². The van der Waals surface area contributed by atoms with Gasteiger partial charge in [0.15, 0.2) is 6.29 Å². The molecule has 15 atom stereocenters. The van der Waals surface area contributed by atoms with E-state index in [0.29, 0.717) is 28.7 Å². The SMILES string of the molecule is CO[C@H]1O[C@H](Cn2cc(C[C@@H]3NC(=O)[C@H](Cc4ccc(O)cc4)NC(=O)[C@H](CCC(N)=O)NC(=O)[C@H](CC(N)=O)NC(=O)[C@@H](Cc4ccccc4)NC(=O)[C@H](Cc4ccccc4)NC(=O)[C@@H]4CCCN4C(=O)[C@@H](Cc4ccccc4)NC(=O)[C@H](CC(C)C)NC(=O)[C@H](CCCN)NC3=O)nn2)[C@@H](O)[C@H](O)[C@H]1O. The number of rotatable bonds is 23. The number of fused-ring (bicyclic) bond motifs is 1. The summed E-state index contributed by atoms with van der Waals surface area (Å²) in [7, 11) is 1.21. The molecule has 0 aliphatic carbocycles. The molecule has 0 unspecified atom stereocenters. The van der Waals surface area contributed by atoms with Crippen molar-refractivity contribution in [2.24, 2.45) is 23.1 Å². The second-order valence-corrected chi connectivity index (χ2v) is 27.3. The number of hydrogen-bond acceptors (Lipinski definition) is 21. The van der Waals surface area contributed by atoms with Gasteiger partial charge in [-0.15, -0.1) is 5.10 Å². The van der Waals surface area contributed by atoms with Crippen molar-refractivity contribution in [3.63, 3.8) is 0 Å². The second-order valence-electron chi connectivity index (χ2n) is 27.3. The lowest BCUT2D eigenvalue weighted by Crippen LogP contribution is -2.62. The average Bonchev–Trinajstić information content (AvgIpc) is 1.04. The maximum Gasteiger partial charge on any atom is 0.246 e. The van der Waals surface area contributed by atoms with E-state index in [9.17, 15) is 54.0 Å². The molecule has 3 aliphatic rings. The number of aliphatic hydroxyl groups excluding tert-OH is 3. The molecule has 0 spiro atoms. The normalized spacial score (nSPS) is 26.5. The number of benzene rings is 4. The first-order valence-electron chi connectivity index (χ1n) is 35.5. The molecule has 1 aromatic heterocycles. The third-order valence-electron chi connectivity index (χ3n) is 18.5. The zero-order valence-corrected chi connectivity index (χ0v) is 59.6. The van der Waals surface area contributed by atoms with Crippen molar-refractivity contribution < 1.29 is 87.4 Å². The molecule has 0 bridgehead atoms. The van der Waals surface area contributed by atoms with E-state index < -0.39 is 194 Å². The van der Waals surface area contributed by atoms with Gasteiger partial charge in [-0.25, -0.2) is 4.68 Å². The van der Waals surface area contributed by atoms with E-state index in [1.807, 2.05) is 0 Å². The van der Waals surface area contributed by atoms with Crippen molar-refractivity contribution in [3.05, 3.63) is 149 Å². The van der Waals surface area contributed by atoms with Gasteiger partial charge in [0.2, 0.25) is 70.9 Å². The number of methoxy groups -OCH3 is 1. The lowest BCUT2D eigenvalue weighted by molar-refractivity contribution is -0.292. The molecule has 3 saturated heterocycles. The van der Waals surface area contributed by atoms with E-state index in [0.717, 1.165) is 0 Å². The van der Waals surface area contributed by atoms with Gasteiger partial charge in [0.25, 0.3) is 0 Å². The summed E-state index contributed by atoms with van der Waals surface area (Å²) >= 11 is 0. The third-order valence-corrected chi connectivity index (χ3v) is 18.5. The summed E-state index contributed by atoms with van der Waals surface area (Å²) in [6.45, 7) is 3.27. The maximum absolute atomic E-state index is 15.3. The zero-order valence-electron chi connectivity index (χ0n) is 59.6. The second kappa shape index (κ2) is 39.5. The van der Waals surface area contributed by atoms with Crippen LogP contribution in [0.4, 0.5) is 0 Å². The topological polar surface area (TPSA) is 524 Å². The molecule has 107 heavy (non-hydrogen) atoms. The van der Waals surface area contributed by atoms with Crippen molar-refractivity contribution in [2.45, 2.75) is 195 Å². The first-order valence-corrected chi connectivity index (χ1v) is 35.5. The Hall–Kier alpha value is -10.8. The highest BCUT2D eigenvalue weighted by Gasteiger charge is 2.45. The van der Waals surface area contributed by atoms with Crippen LogP contribution in [0.1, 0.15) is 93.2 Å². The van der Waals surface area contributed by atoms with Crippen molar-refractivity contribution in [1.82, 2.24) is 67.7 Å². The predicted molar refractivity (Wildman–Crippen MR) is 382 cm³/mol. The third kappa shape index (κ3) is 24.1. The number of nitrogens with two attached hydrogens (primary N) is 3. The maximum atomic E-state index is 15.3. The minimum absolute atomic E-state index is 0.00575. The molecule has 0 saturated carbocycles. The van der Waals surface area contributed by atoms with Gasteiger partial charge in [0.05, 0.1) is 18.7 Å².